The van der Waals surface area contributed by atoms with Gasteiger partial charge in [0.15, 0.2) is 17.6 Å². The van der Waals surface area contributed by atoms with Gasteiger partial charge < -0.3 is 19.1 Å². The molecule has 2 aromatic rings. The van der Waals surface area contributed by atoms with Crippen LogP contribution in [0.5, 0.6) is 11.5 Å². The summed E-state index contributed by atoms with van der Waals surface area (Å²) in [6, 6.07) is 12.7. The average molecular weight is 456 g/mol. The number of carbonyl (C=O) groups is 2. The highest BCUT2D eigenvalue weighted by Gasteiger charge is 2.65. The normalized spacial score (nSPS) is 30.0. The molecule has 0 unspecified atom stereocenters. The number of nitriles is 1. The third-order valence-electron chi connectivity index (χ3n) is 7.84. The van der Waals surface area contributed by atoms with Gasteiger partial charge >= 0.3 is 11.9 Å². The third-order valence-corrected chi connectivity index (χ3v) is 7.84. The van der Waals surface area contributed by atoms with E-state index in [4.69, 9.17) is 14.2 Å². The number of ether oxygens (including phenoxy) is 3. The Hall–Kier alpha value is -3.63. The molecule has 2 heterocycles. The minimum atomic E-state index is -0.609. The minimum absolute atomic E-state index is 0.203. The lowest BCUT2D eigenvalue weighted by atomic mass is 9.53. The molecule has 2 aliphatic carbocycles. The van der Waals surface area contributed by atoms with Gasteiger partial charge in [-0.1, -0.05) is 18.2 Å². The van der Waals surface area contributed by atoms with Crippen LogP contribution < -0.4 is 9.47 Å². The van der Waals surface area contributed by atoms with E-state index in [0.717, 1.165) is 24.9 Å². The van der Waals surface area contributed by atoms with Crippen molar-refractivity contribution in [2.75, 3.05) is 13.6 Å². The first-order valence-corrected chi connectivity index (χ1v) is 11.5. The molecule has 2 aliphatic heterocycles. The summed E-state index contributed by atoms with van der Waals surface area (Å²) in [7, 11) is 2.16. The van der Waals surface area contributed by atoms with Gasteiger partial charge in [-0.15, -0.1) is 0 Å². The highest BCUT2D eigenvalue weighted by Crippen LogP contribution is 2.62. The molecule has 7 heteroatoms. The van der Waals surface area contributed by atoms with E-state index < -0.39 is 24.1 Å². The Balaban J connectivity index is 1.43. The number of hydrogen-bond donors (Lipinski definition) is 0. The molecule has 6 rings (SSSR count). The molecule has 0 saturated carbocycles. The van der Waals surface area contributed by atoms with Crippen LogP contribution in [0.1, 0.15) is 40.4 Å². The fourth-order valence-corrected chi connectivity index (χ4v) is 6.45. The number of rotatable bonds is 3. The second-order valence-electron chi connectivity index (χ2n) is 9.57. The van der Waals surface area contributed by atoms with Gasteiger partial charge in [0, 0.05) is 29.9 Å². The third kappa shape index (κ3) is 2.85. The first-order chi connectivity index (χ1) is 16.4. The number of likely N-dealkylation sites (tertiary alicyclic amines) is 1. The Morgan fingerprint density at radius 1 is 1.24 bits per heavy atom. The SMILES string of the molecule is CC(=O)Oc1ccc2c3c1O[C@H]1[C@@H](OC(=O)c4cccc(C#N)c4)C=C[C@H]4[C@@H](C2)N(C)CC[C@@]341. The quantitative estimate of drug-likeness (QED) is 0.398. The minimum Gasteiger partial charge on any atom is -0.481 e. The largest absolute Gasteiger partial charge is 0.481 e. The maximum absolute atomic E-state index is 13.0. The number of esters is 2. The van der Waals surface area contributed by atoms with Crippen molar-refractivity contribution in [2.45, 2.75) is 43.4 Å². The van der Waals surface area contributed by atoms with E-state index >= 15 is 0 Å². The maximum atomic E-state index is 13.0. The van der Waals surface area contributed by atoms with Gasteiger partial charge in [0.25, 0.3) is 0 Å². The molecule has 1 spiro atoms. The molecular weight excluding hydrogens is 432 g/mol. The van der Waals surface area contributed by atoms with Crippen molar-refractivity contribution in [1.82, 2.24) is 4.90 Å². The summed E-state index contributed by atoms with van der Waals surface area (Å²) < 4.78 is 18.1. The Kier molecular flexibility index (Phi) is 4.58. The molecule has 1 fully saturated rings. The van der Waals surface area contributed by atoms with Crippen LogP contribution in [-0.2, 0) is 21.4 Å². The van der Waals surface area contributed by atoms with Gasteiger partial charge in [-0.25, -0.2) is 4.79 Å². The lowest BCUT2D eigenvalue weighted by Crippen LogP contribution is -2.65. The molecule has 7 nitrogen and oxygen atoms in total. The molecule has 0 aromatic heterocycles. The van der Waals surface area contributed by atoms with E-state index in [-0.39, 0.29) is 11.3 Å². The molecule has 0 radical (unpaired) electrons. The predicted octanol–water partition coefficient (Wildman–Crippen LogP) is 3.15. The molecular formula is C27H24N2O5. The topological polar surface area (TPSA) is 88.9 Å². The zero-order chi connectivity index (χ0) is 23.6. The first-order valence-electron chi connectivity index (χ1n) is 11.5. The van der Waals surface area contributed by atoms with Crippen molar-refractivity contribution < 1.29 is 23.8 Å². The Morgan fingerprint density at radius 2 is 2.09 bits per heavy atom. The fourth-order valence-electron chi connectivity index (χ4n) is 6.45. The lowest BCUT2D eigenvalue weighted by molar-refractivity contribution is -0.132. The average Bonchev–Trinajstić information content (AvgIpc) is 3.18. The molecule has 1 saturated heterocycles. The van der Waals surface area contributed by atoms with Crippen LogP contribution in [0.15, 0.2) is 48.6 Å². The second-order valence-corrected chi connectivity index (χ2v) is 9.57. The van der Waals surface area contributed by atoms with Crippen LogP contribution in [0.2, 0.25) is 0 Å². The summed E-state index contributed by atoms with van der Waals surface area (Å²) in [6.07, 6.45) is 4.82. The van der Waals surface area contributed by atoms with E-state index in [1.807, 2.05) is 12.1 Å². The zero-order valence-electron chi connectivity index (χ0n) is 19.0. The van der Waals surface area contributed by atoms with E-state index in [9.17, 15) is 14.9 Å². The van der Waals surface area contributed by atoms with Gasteiger partial charge in [-0.3, -0.25) is 4.79 Å². The highest BCUT2D eigenvalue weighted by atomic mass is 16.6. The summed E-state index contributed by atoms with van der Waals surface area (Å²) >= 11 is 0. The molecule has 2 bridgehead atoms. The van der Waals surface area contributed by atoms with Crippen LogP contribution in [0.3, 0.4) is 0 Å². The van der Waals surface area contributed by atoms with Crippen molar-refractivity contribution in [3.63, 3.8) is 0 Å². The molecule has 5 atom stereocenters. The zero-order valence-corrected chi connectivity index (χ0v) is 19.0. The van der Waals surface area contributed by atoms with Gasteiger partial charge in [0.1, 0.15) is 6.10 Å². The predicted molar refractivity (Wildman–Crippen MR) is 122 cm³/mol. The number of hydrogen-bond acceptors (Lipinski definition) is 7. The molecule has 4 aliphatic rings. The molecule has 0 amide bonds. The summed E-state index contributed by atoms with van der Waals surface area (Å²) in [5, 5.41) is 9.18. The van der Waals surface area contributed by atoms with Crippen LogP contribution in [-0.4, -0.2) is 48.7 Å². The number of nitrogens with zero attached hydrogens (tertiary/aromatic N) is 2. The van der Waals surface area contributed by atoms with Crippen molar-refractivity contribution >= 4 is 11.9 Å². The van der Waals surface area contributed by atoms with Crippen molar-refractivity contribution in [2.24, 2.45) is 5.92 Å². The first kappa shape index (κ1) is 20.9. The number of likely N-dealkylation sites (N-methyl/N-ethyl adjacent to an activating group) is 1. The highest BCUT2D eigenvalue weighted by molar-refractivity contribution is 5.90. The summed E-state index contributed by atoms with van der Waals surface area (Å²) in [6.45, 7) is 2.28. The van der Waals surface area contributed by atoms with Crippen LogP contribution >= 0.6 is 0 Å². The Labute approximate surface area is 197 Å². The van der Waals surface area contributed by atoms with Crippen LogP contribution in [0.25, 0.3) is 0 Å². The van der Waals surface area contributed by atoms with Gasteiger partial charge in [0.2, 0.25) is 0 Å². The standard InChI is InChI=1S/C27H24N2O5/c1-15(30)32-21-8-6-17-13-20-19-7-9-22(33-26(31)18-5-3-4-16(12-18)14-28)25-27(19,10-11-29(20)2)23(17)24(21)34-25/h3-9,12,19-20,22,25H,10-11,13H2,1-2H3/t19-,20+,22-,25-,27-/m0/s1. The van der Waals surface area contributed by atoms with Gasteiger partial charge in [-0.05, 0) is 62.3 Å². The molecule has 0 N–H and O–H groups in total. The Bertz CT molecular complexity index is 1290. The number of piperidine rings is 1. The van der Waals surface area contributed by atoms with E-state index in [0.29, 0.717) is 28.7 Å². The monoisotopic (exact) mass is 456 g/mol. The smallest absolute Gasteiger partial charge is 0.338 e. The molecule has 2 aromatic carbocycles. The van der Waals surface area contributed by atoms with Crippen LogP contribution in [0, 0.1) is 17.2 Å². The van der Waals surface area contributed by atoms with Crippen molar-refractivity contribution in [1.29, 1.82) is 5.26 Å². The molecule has 34 heavy (non-hydrogen) atoms. The van der Waals surface area contributed by atoms with Gasteiger partial charge in [-0.2, -0.15) is 5.26 Å². The lowest BCUT2D eigenvalue weighted by Gasteiger charge is -2.56. The molecule has 172 valence electrons. The number of carbonyl (C=O) groups excluding carboxylic acids is 2. The van der Waals surface area contributed by atoms with Crippen LogP contribution in [0.4, 0.5) is 0 Å². The second kappa shape index (κ2) is 7.44. The fraction of sp³-hybridized carbons (Fsp3) is 0.370. The van der Waals surface area contributed by atoms with Crippen molar-refractivity contribution in [3.8, 4) is 17.6 Å². The number of benzene rings is 2. The van der Waals surface area contributed by atoms with E-state index in [1.54, 1.807) is 24.3 Å². The summed E-state index contributed by atoms with van der Waals surface area (Å²) in [5.74, 6) is 0.315. The maximum Gasteiger partial charge on any atom is 0.338 e. The van der Waals surface area contributed by atoms with E-state index in [1.165, 1.54) is 18.6 Å². The van der Waals surface area contributed by atoms with Crippen molar-refractivity contribution in [3.05, 3.63) is 70.8 Å². The summed E-state index contributed by atoms with van der Waals surface area (Å²) in [4.78, 5) is 27.2. The van der Waals surface area contributed by atoms with E-state index in [2.05, 4.69) is 24.1 Å². The summed E-state index contributed by atoms with van der Waals surface area (Å²) in [5.41, 5.74) is 2.67. The van der Waals surface area contributed by atoms with Gasteiger partial charge in [0.05, 0.1) is 17.2 Å². The Morgan fingerprint density at radius 3 is 2.88 bits per heavy atom.